The van der Waals surface area contributed by atoms with Crippen molar-refractivity contribution in [3.05, 3.63) is 78.1 Å². The third-order valence-electron chi connectivity index (χ3n) is 5.03. The van der Waals surface area contributed by atoms with Crippen molar-refractivity contribution in [2.75, 3.05) is 0 Å². The van der Waals surface area contributed by atoms with Crippen molar-refractivity contribution in [2.24, 2.45) is 0 Å². The molecule has 2 N–H and O–H groups in total. The zero-order valence-corrected chi connectivity index (χ0v) is 19.1. The second-order valence-corrected chi connectivity index (χ2v) is 12.2. The molecular formula is C22H28N2O3SSi. The number of aromatic amines is 1. The summed E-state index contributed by atoms with van der Waals surface area (Å²) in [6, 6.07) is 22.2. The van der Waals surface area contributed by atoms with Gasteiger partial charge >= 0.3 is 5.97 Å². The highest BCUT2D eigenvalue weighted by atomic mass is 32.1. The Bertz CT molecular complexity index is 900. The average molecular weight is 429 g/mol. The number of H-pyrrole nitrogens is 1. The number of hydrogen-bond acceptors (Lipinski definition) is 3. The Morgan fingerprint density at radius 3 is 1.90 bits per heavy atom. The molecule has 3 rings (SSSR count). The standard InChI is InChI=1S/C22H26N2O3Si.H2S/c1-16(19-15-20(21(25)26)24-23-19)27-28(22(2,3)4,17-11-7-5-8-12-17)18-13-9-6-10-14-18;/h5-16H,1-4H3,(H,23,24)(H,25,26);1H2/t16-;/m0./s1. The van der Waals surface area contributed by atoms with Gasteiger partial charge in [0.2, 0.25) is 0 Å². The van der Waals surface area contributed by atoms with Crippen molar-refractivity contribution < 1.29 is 14.3 Å². The van der Waals surface area contributed by atoms with Gasteiger partial charge in [0.05, 0.1) is 11.8 Å². The summed E-state index contributed by atoms with van der Waals surface area (Å²) in [4.78, 5) is 11.2. The fraction of sp³-hybridized carbons (Fsp3) is 0.273. The molecule has 5 nitrogen and oxygen atoms in total. The van der Waals surface area contributed by atoms with E-state index in [1.165, 1.54) is 10.4 Å². The van der Waals surface area contributed by atoms with Crippen LogP contribution in [-0.4, -0.2) is 29.6 Å². The molecule has 0 fully saturated rings. The monoisotopic (exact) mass is 428 g/mol. The summed E-state index contributed by atoms with van der Waals surface area (Å²) in [5.41, 5.74) is 0.651. The maximum Gasteiger partial charge on any atom is 0.356 e. The lowest BCUT2D eigenvalue weighted by molar-refractivity contribution is 0.0690. The summed E-state index contributed by atoms with van der Waals surface area (Å²) in [7, 11) is -2.71. The van der Waals surface area contributed by atoms with Crippen LogP contribution >= 0.6 is 13.5 Å². The summed E-state index contributed by atoms with van der Waals surface area (Å²) in [6.07, 6.45) is -0.341. The van der Waals surface area contributed by atoms with Gasteiger partial charge in [-0.3, -0.25) is 5.10 Å². The van der Waals surface area contributed by atoms with Gasteiger partial charge in [-0.15, -0.1) is 0 Å². The third kappa shape index (κ3) is 4.47. The van der Waals surface area contributed by atoms with Crippen molar-refractivity contribution in [1.29, 1.82) is 0 Å². The molecule has 0 unspecified atom stereocenters. The first-order valence-corrected chi connectivity index (χ1v) is 11.2. The van der Waals surface area contributed by atoms with E-state index in [4.69, 9.17) is 4.43 Å². The maximum absolute atomic E-state index is 11.2. The van der Waals surface area contributed by atoms with E-state index in [0.717, 1.165) is 0 Å². The Morgan fingerprint density at radius 2 is 1.52 bits per heavy atom. The zero-order valence-electron chi connectivity index (χ0n) is 17.1. The van der Waals surface area contributed by atoms with Gasteiger partial charge in [0.1, 0.15) is 0 Å². The predicted octanol–water partition coefficient (Wildman–Crippen LogP) is 3.86. The number of hydrogen-bond donors (Lipinski definition) is 2. The number of rotatable bonds is 6. The molecule has 0 amide bonds. The molecule has 0 radical (unpaired) electrons. The molecule has 3 aromatic rings. The smallest absolute Gasteiger partial charge is 0.356 e. The Hall–Kier alpha value is -2.35. The molecule has 1 atom stereocenters. The van der Waals surface area contributed by atoms with Crippen LogP contribution in [0.25, 0.3) is 0 Å². The highest BCUT2D eigenvalue weighted by Gasteiger charge is 2.51. The molecule has 0 aliphatic carbocycles. The number of aromatic carboxylic acids is 1. The first-order valence-electron chi connectivity index (χ1n) is 9.33. The van der Waals surface area contributed by atoms with Gasteiger partial charge in [0.15, 0.2) is 5.69 Å². The fourth-order valence-corrected chi connectivity index (χ4v) is 8.35. The highest BCUT2D eigenvalue weighted by Crippen LogP contribution is 2.39. The minimum atomic E-state index is -2.71. The van der Waals surface area contributed by atoms with Gasteiger partial charge in [-0.25, -0.2) is 4.79 Å². The van der Waals surface area contributed by atoms with Crippen molar-refractivity contribution in [3.8, 4) is 0 Å². The van der Waals surface area contributed by atoms with Crippen LogP contribution in [0.15, 0.2) is 66.7 Å². The van der Waals surface area contributed by atoms with Gasteiger partial charge in [-0.1, -0.05) is 81.4 Å². The molecule has 154 valence electrons. The SMILES string of the molecule is C[C@H](O[Si](c1ccccc1)(c1ccccc1)C(C)(C)C)c1cc(C(=O)O)n[nH]1.S. The summed E-state index contributed by atoms with van der Waals surface area (Å²) in [5, 5.41) is 18.1. The van der Waals surface area contributed by atoms with Gasteiger partial charge in [-0.05, 0) is 28.4 Å². The lowest BCUT2D eigenvalue weighted by atomic mass is 10.2. The second-order valence-electron chi connectivity index (χ2n) is 7.94. The number of aromatic nitrogens is 2. The molecule has 29 heavy (non-hydrogen) atoms. The van der Waals surface area contributed by atoms with Crippen LogP contribution in [0.1, 0.15) is 50.0 Å². The quantitative estimate of drug-likeness (QED) is 0.585. The van der Waals surface area contributed by atoms with Crippen LogP contribution in [0.5, 0.6) is 0 Å². The van der Waals surface area contributed by atoms with Crippen LogP contribution in [0.4, 0.5) is 0 Å². The summed E-state index contributed by atoms with van der Waals surface area (Å²) >= 11 is 0. The number of nitrogens with one attached hydrogen (secondary N) is 1. The zero-order chi connectivity index (χ0) is 20.4. The number of carbonyl (C=O) groups is 1. The van der Waals surface area contributed by atoms with E-state index >= 15 is 0 Å². The molecule has 2 aromatic carbocycles. The van der Waals surface area contributed by atoms with Gasteiger partial charge in [0.25, 0.3) is 8.32 Å². The van der Waals surface area contributed by atoms with E-state index in [9.17, 15) is 9.90 Å². The summed E-state index contributed by atoms with van der Waals surface area (Å²) in [5.74, 6) is -1.06. The van der Waals surface area contributed by atoms with Crippen LogP contribution in [0, 0.1) is 0 Å². The van der Waals surface area contributed by atoms with Crippen molar-refractivity contribution in [3.63, 3.8) is 0 Å². The van der Waals surface area contributed by atoms with Crippen LogP contribution in [0.2, 0.25) is 5.04 Å². The second kappa shape index (κ2) is 8.98. The van der Waals surface area contributed by atoms with E-state index in [-0.39, 0.29) is 30.3 Å². The van der Waals surface area contributed by atoms with Gasteiger partial charge in [0, 0.05) is 0 Å². The molecule has 0 saturated carbocycles. The molecule has 7 heteroatoms. The van der Waals surface area contributed by atoms with Gasteiger partial charge in [-0.2, -0.15) is 18.6 Å². The molecule has 0 aliphatic heterocycles. The first-order chi connectivity index (χ1) is 13.3. The van der Waals surface area contributed by atoms with E-state index in [1.807, 2.05) is 43.3 Å². The van der Waals surface area contributed by atoms with Gasteiger partial charge < -0.3 is 9.53 Å². The van der Waals surface area contributed by atoms with Crippen molar-refractivity contribution in [1.82, 2.24) is 10.2 Å². The Labute approximate surface area is 179 Å². The minimum absolute atomic E-state index is 0. The molecule has 1 aromatic heterocycles. The first kappa shape index (κ1) is 22.9. The van der Waals surface area contributed by atoms with Crippen molar-refractivity contribution in [2.45, 2.75) is 38.8 Å². The van der Waals surface area contributed by atoms with E-state index in [2.05, 4.69) is 55.2 Å². The average Bonchev–Trinajstić information content (AvgIpc) is 3.17. The maximum atomic E-state index is 11.2. The minimum Gasteiger partial charge on any atom is -0.476 e. The van der Waals surface area contributed by atoms with E-state index in [1.54, 1.807) is 6.07 Å². The van der Waals surface area contributed by atoms with Crippen molar-refractivity contribution >= 4 is 38.2 Å². The largest absolute Gasteiger partial charge is 0.476 e. The predicted molar refractivity (Wildman–Crippen MR) is 123 cm³/mol. The molecule has 0 aliphatic rings. The Balaban J connectivity index is 0.00000300. The van der Waals surface area contributed by atoms with Crippen LogP contribution in [-0.2, 0) is 4.43 Å². The number of carboxylic acid groups (broad SMARTS) is 1. The molecule has 0 saturated heterocycles. The number of carboxylic acids is 1. The Morgan fingerprint density at radius 1 is 1.03 bits per heavy atom. The lowest BCUT2D eigenvalue weighted by Crippen LogP contribution is -2.66. The number of benzene rings is 2. The van der Waals surface area contributed by atoms with E-state index < -0.39 is 14.3 Å². The van der Waals surface area contributed by atoms with E-state index in [0.29, 0.717) is 5.69 Å². The number of nitrogens with zero attached hydrogens (tertiary/aromatic N) is 1. The molecule has 1 heterocycles. The summed E-state index contributed by atoms with van der Waals surface area (Å²) in [6.45, 7) is 8.57. The Kier molecular flexibility index (Phi) is 7.10. The van der Waals surface area contributed by atoms with Crippen LogP contribution in [0.3, 0.4) is 0 Å². The molecule has 0 bridgehead atoms. The third-order valence-corrected chi connectivity index (χ3v) is 10.1. The fourth-order valence-electron chi connectivity index (χ4n) is 3.67. The normalized spacial score (nSPS) is 12.8. The lowest BCUT2D eigenvalue weighted by Gasteiger charge is -2.44. The molecule has 0 spiro atoms. The summed E-state index contributed by atoms with van der Waals surface area (Å²) < 4.78 is 6.93. The highest BCUT2D eigenvalue weighted by molar-refractivity contribution is 7.59. The van der Waals surface area contributed by atoms with Crippen LogP contribution < -0.4 is 10.4 Å². The molecular weight excluding hydrogens is 400 g/mol. The topological polar surface area (TPSA) is 75.2 Å².